The first-order valence-corrected chi connectivity index (χ1v) is 10.6. The van der Waals surface area contributed by atoms with Crippen molar-refractivity contribution in [2.75, 3.05) is 13.7 Å². The number of guanidine groups is 1. The standard InChI is InChI=1S/C24H26F3N3O3/c1-13(2)8-15(6-7-31)21-12-24(29-23(28)30(3)33-24)18-9-14(4-5-20(18)32-21)17-10-16(25)11-19(26)22(17)27/h4-5,8-11,15,21,31H,6-7,12H2,1-3H3,(H2,28,29)/t15?,21-,24+/m1/s1. The highest BCUT2D eigenvalue weighted by Crippen LogP contribution is 2.49. The number of aliphatic hydroxyl groups is 1. The van der Waals surface area contributed by atoms with Crippen molar-refractivity contribution in [2.45, 2.75) is 38.5 Å². The Kier molecular flexibility index (Phi) is 6.11. The van der Waals surface area contributed by atoms with Crippen LogP contribution >= 0.6 is 0 Å². The molecule has 3 atom stereocenters. The average Bonchev–Trinajstić information content (AvgIpc) is 3.03. The molecule has 1 unspecified atom stereocenters. The van der Waals surface area contributed by atoms with Crippen LogP contribution in [0, 0.1) is 23.4 Å². The van der Waals surface area contributed by atoms with Crippen LogP contribution in [-0.4, -0.2) is 35.9 Å². The molecule has 6 nitrogen and oxygen atoms in total. The van der Waals surface area contributed by atoms with Gasteiger partial charge in [-0.1, -0.05) is 17.7 Å². The van der Waals surface area contributed by atoms with Crippen LogP contribution in [0.2, 0.25) is 0 Å². The first-order chi connectivity index (χ1) is 15.6. The second-order valence-corrected chi connectivity index (χ2v) is 8.58. The van der Waals surface area contributed by atoms with Gasteiger partial charge in [0, 0.05) is 37.6 Å². The van der Waals surface area contributed by atoms with E-state index in [1.54, 1.807) is 19.2 Å². The molecule has 0 amide bonds. The van der Waals surface area contributed by atoms with Gasteiger partial charge in [-0.15, -0.1) is 0 Å². The van der Waals surface area contributed by atoms with Crippen LogP contribution in [-0.2, 0) is 10.6 Å². The number of aliphatic imine (C=N–C) groups is 1. The zero-order chi connectivity index (χ0) is 23.9. The van der Waals surface area contributed by atoms with E-state index in [9.17, 15) is 18.3 Å². The Labute approximate surface area is 190 Å². The minimum atomic E-state index is -1.28. The molecular formula is C24H26F3N3O3. The molecule has 2 heterocycles. The number of fused-ring (bicyclic) bond motifs is 2. The third-order valence-corrected chi connectivity index (χ3v) is 5.85. The van der Waals surface area contributed by atoms with Crippen LogP contribution in [0.1, 0.15) is 32.3 Å². The van der Waals surface area contributed by atoms with Gasteiger partial charge in [0.2, 0.25) is 11.7 Å². The minimum absolute atomic E-state index is 0.0241. The summed E-state index contributed by atoms with van der Waals surface area (Å²) in [5.74, 6) is -2.86. The van der Waals surface area contributed by atoms with Crippen LogP contribution in [0.4, 0.5) is 13.2 Å². The Morgan fingerprint density at radius 2 is 2.06 bits per heavy atom. The van der Waals surface area contributed by atoms with Crippen LogP contribution in [0.3, 0.4) is 0 Å². The maximum atomic E-state index is 14.5. The monoisotopic (exact) mass is 461 g/mol. The molecule has 9 heteroatoms. The summed E-state index contributed by atoms with van der Waals surface area (Å²) < 4.78 is 48.4. The lowest BCUT2D eigenvalue weighted by atomic mass is 9.84. The quantitative estimate of drug-likeness (QED) is 0.515. The molecule has 0 fully saturated rings. The maximum Gasteiger partial charge on any atom is 0.221 e. The number of benzene rings is 2. The SMILES string of the molecule is CC(C)=CC(CCO)[C@H]1C[C@@]2(N=C(N)N(C)O2)c2cc(-c3cc(F)cc(F)c3F)ccc2O1. The highest BCUT2D eigenvalue weighted by atomic mass is 19.2. The first-order valence-electron chi connectivity index (χ1n) is 10.6. The topological polar surface area (TPSA) is 80.3 Å². The predicted octanol–water partition coefficient (Wildman–Crippen LogP) is 4.23. The van der Waals surface area contributed by atoms with Crippen molar-refractivity contribution in [3.8, 4) is 16.9 Å². The van der Waals surface area contributed by atoms with Crippen LogP contribution in [0.5, 0.6) is 5.75 Å². The van der Waals surface area contributed by atoms with Crippen molar-refractivity contribution in [1.82, 2.24) is 5.06 Å². The summed E-state index contributed by atoms with van der Waals surface area (Å²) in [6.45, 7) is 3.90. The molecule has 4 rings (SSSR count). The van der Waals surface area contributed by atoms with E-state index in [1.807, 2.05) is 19.9 Å². The van der Waals surface area contributed by atoms with E-state index < -0.39 is 29.3 Å². The Morgan fingerprint density at radius 3 is 2.70 bits per heavy atom. The highest BCUT2D eigenvalue weighted by Gasteiger charge is 2.50. The molecule has 176 valence electrons. The van der Waals surface area contributed by atoms with Crippen molar-refractivity contribution >= 4 is 5.96 Å². The number of allylic oxidation sites excluding steroid dienone is 1. The van der Waals surface area contributed by atoms with Gasteiger partial charge < -0.3 is 15.6 Å². The van der Waals surface area contributed by atoms with Crippen molar-refractivity contribution in [3.63, 3.8) is 0 Å². The van der Waals surface area contributed by atoms with E-state index in [4.69, 9.17) is 15.3 Å². The highest BCUT2D eigenvalue weighted by molar-refractivity contribution is 5.79. The molecule has 33 heavy (non-hydrogen) atoms. The number of hydroxylamine groups is 2. The van der Waals surface area contributed by atoms with E-state index in [0.717, 1.165) is 11.6 Å². The molecular weight excluding hydrogens is 435 g/mol. The average molecular weight is 461 g/mol. The molecule has 0 saturated carbocycles. The summed E-state index contributed by atoms with van der Waals surface area (Å²) in [7, 11) is 1.62. The van der Waals surface area contributed by atoms with Crippen LogP contribution in [0.25, 0.3) is 11.1 Å². The minimum Gasteiger partial charge on any atom is -0.489 e. The van der Waals surface area contributed by atoms with Crippen LogP contribution in [0.15, 0.2) is 47.0 Å². The number of hydrogen-bond donors (Lipinski definition) is 2. The summed E-state index contributed by atoms with van der Waals surface area (Å²) in [6.07, 6.45) is 2.38. The van der Waals surface area contributed by atoms with Crippen molar-refractivity contribution in [2.24, 2.45) is 16.6 Å². The van der Waals surface area contributed by atoms with Crippen molar-refractivity contribution < 1.29 is 27.9 Å². The number of hydrogen-bond acceptors (Lipinski definition) is 6. The summed E-state index contributed by atoms with van der Waals surface area (Å²) in [5, 5.41) is 10.9. The van der Waals surface area contributed by atoms with Gasteiger partial charge >= 0.3 is 0 Å². The smallest absolute Gasteiger partial charge is 0.221 e. The van der Waals surface area contributed by atoms with Crippen molar-refractivity contribution in [3.05, 3.63) is 65.0 Å². The largest absolute Gasteiger partial charge is 0.489 e. The van der Waals surface area contributed by atoms with Crippen LogP contribution < -0.4 is 10.5 Å². The number of ether oxygens (including phenoxy) is 1. The second-order valence-electron chi connectivity index (χ2n) is 8.58. The predicted molar refractivity (Wildman–Crippen MR) is 118 cm³/mol. The van der Waals surface area contributed by atoms with E-state index >= 15 is 0 Å². The molecule has 0 bridgehead atoms. The number of nitrogens with zero attached hydrogens (tertiary/aromatic N) is 2. The second kappa shape index (κ2) is 8.72. The van der Waals surface area contributed by atoms with E-state index in [0.29, 0.717) is 23.8 Å². The summed E-state index contributed by atoms with van der Waals surface area (Å²) in [6, 6.07) is 6.12. The molecule has 2 aromatic carbocycles. The first kappa shape index (κ1) is 23.1. The lowest BCUT2D eigenvalue weighted by Gasteiger charge is -2.39. The molecule has 3 N–H and O–H groups in total. The van der Waals surface area contributed by atoms with Gasteiger partial charge in [0.25, 0.3) is 0 Å². The van der Waals surface area contributed by atoms with Gasteiger partial charge in [0.15, 0.2) is 11.6 Å². The Bertz CT molecular complexity index is 1130. The number of nitrogens with two attached hydrogens (primary N) is 1. The summed E-state index contributed by atoms with van der Waals surface area (Å²) in [5.41, 5.74) is 6.31. The molecule has 0 radical (unpaired) electrons. The van der Waals surface area contributed by atoms with Gasteiger partial charge in [0.05, 0.1) is 5.56 Å². The molecule has 1 spiro atoms. The lowest BCUT2D eigenvalue weighted by Crippen LogP contribution is -2.42. The van der Waals surface area contributed by atoms with E-state index in [-0.39, 0.29) is 36.0 Å². The van der Waals surface area contributed by atoms with E-state index in [2.05, 4.69) is 4.99 Å². The third-order valence-electron chi connectivity index (χ3n) is 5.85. The summed E-state index contributed by atoms with van der Waals surface area (Å²) >= 11 is 0. The molecule has 2 aliphatic heterocycles. The number of rotatable bonds is 5. The Balaban J connectivity index is 1.84. The third kappa shape index (κ3) is 4.30. The lowest BCUT2D eigenvalue weighted by molar-refractivity contribution is -0.193. The normalized spacial score (nSPS) is 22.6. The molecule has 0 aromatic heterocycles. The maximum absolute atomic E-state index is 14.5. The van der Waals surface area contributed by atoms with Gasteiger partial charge in [-0.25, -0.2) is 28.1 Å². The molecule has 2 aromatic rings. The van der Waals surface area contributed by atoms with Gasteiger partial charge in [-0.3, -0.25) is 0 Å². The fourth-order valence-electron chi connectivity index (χ4n) is 4.39. The van der Waals surface area contributed by atoms with Crippen molar-refractivity contribution in [1.29, 1.82) is 0 Å². The Morgan fingerprint density at radius 1 is 1.30 bits per heavy atom. The molecule has 0 saturated heterocycles. The van der Waals surface area contributed by atoms with E-state index in [1.165, 1.54) is 11.1 Å². The van der Waals surface area contributed by atoms with Gasteiger partial charge in [-0.2, -0.15) is 0 Å². The van der Waals surface area contributed by atoms with Gasteiger partial charge in [-0.05, 0) is 44.0 Å². The molecule has 0 aliphatic carbocycles. The number of halogens is 3. The zero-order valence-corrected chi connectivity index (χ0v) is 18.6. The summed E-state index contributed by atoms with van der Waals surface area (Å²) in [4.78, 5) is 10.6. The number of aliphatic hydroxyl groups excluding tert-OH is 1. The van der Waals surface area contributed by atoms with Gasteiger partial charge in [0.1, 0.15) is 17.7 Å². The fraction of sp³-hybridized carbons (Fsp3) is 0.375. The zero-order valence-electron chi connectivity index (χ0n) is 18.6. The molecule has 2 aliphatic rings. The fourth-order valence-corrected chi connectivity index (χ4v) is 4.39. The Hall–Kier alpha value is -3.04.